The zero-order valence-corrected chi connectivity index (χ0v) is 8.41. The quantitative estimate of drug-likeness (QED) is 0.628. The van der Waals surface area contributed by atoms with Crippen molar-refractivity contribution in [1.29, 1.82) is 0 Å². The monoisotopic (exact) mass is 218 g/mol. The van der Waals surface area contributed by atoms with Crippen LogP contribution >= 0.6 is 0 Å². The maximum atomic E-state index is 10.4. The SMILES string of the molecule is O=[N+]([O-])c1ccc(NCn2cccn2)cc1. The third kappa shape index (κ3) is 2.35. The van der Waals surface area contributed by atoms with Crippen LogP contribution in [0.5, 0.6) is 0 Å². The van der Waals surface area contributed by atoms with E-state index in [2.05, 4.69) is 10.4 Å². The fourth-order valence-corrected chi connectivity index (χ4v) is 1.27. The van der Waals surface area contributed by atoms with Crippen LogP contribution in [0, 0.1) is 10.1 Å². The summed E-state index contributed by atoms with van der Waals surface area (Å²) in [6.45, 7) is 0.533. The third-order valence-corrected chi connectivity index (χ3v) is 2.08. The lowest BCUT2D eigenvalue weighted by molar-refractivity contribution is -0.384. The molecule has 6 nitrogen and oxygen atoms in total. The summed E-state index contributed by atoms with van der Waals surface area (Å²) < 4.78 is 1.72. The molecule has 0 amide bonds. The first-order valence-electron chi connectivity index (χ1n) is 4.71. The van der Waals surface area contributed by atoms with Gasteiger partial charge in [-0.25, -0.2) is 0 Å². The van der Waals surface area contributed by atoms with E-state index in [1.165, 1.54) is 12.1 Å². The molecule has 0 saturated carbocycles. The molecule has 0 aliphatic carbocycles. The van der Waals surface area contributed by atoms with Gasteiger partial charge in [0, 0.05) is 30.2 Å². The number of anilines is 1. The molecule has 0 fully saturated rings. The smallest absolute Gasteiger partial charge is 0.269 e. The lowest BCUT2D eigenvalue weighted by atomic mass is 10.3. The van der Waals surface area contributed by atoms with Gasteiger partial charge in [-0.1, -0.05) is 0 Å². The predicted molar refractivity (Wildman–Crippen MR) is 58.9 cm³/mol. The minimum Gasteiger partial charge on any atom is -0.366 e. The summed E-state index contributed by atoms with van der Waals surface area (Å²) >= 11 is 0. The average molecular weight is 218 g/mol. The summed E-state index contributed by atoms with van der Waals surface area (Å²) in [7, 11) is 0. The van der Waals surface area contributed by atoms with Crippen molar-refractivity contribution in [2.24, 2.45) is 0 Å². The van der Waals surface area contributed by atoms with E-state index in [0.29, 0.717) is 6.67 Å². The van der Waals surface area contributed by atoms with E-state index in [0.717, 1.165) is 5.69 Å². The van der Waals surface area contributed by atoms with Crippen molar-refractivity contribution in [2.75, 3.05) is 5.32 Å². The number of hydrogen-bond donors (Lipinski definition) is 1. The van der Waals surface area contributed by atoms with Crippen LogP contribution in [0.3, 0.4) is 0 Å². The van der Waals surface area contributed by atoms with E-state index >= 15 is 0 Å². The number of nitro benzene ring substituents is 1. The maximum absolute atomic E-state index is 10.4. The van der Waals surface area contributed by atoms with Gasteiger partial charge in [-0.15, -0.1) is 0 Å². The van der Waals surface area contributed by atoms with Gasteiger partial charge in [0.1, 0.15) is 6.67 Å². The van der Waals surface area contributed by atoms with Crippen LogP contribution in [0.15, 0.2) is 42.7 Å². The van der Waals surface area contributed by atoms with Gasteiger partial charge in [0.25, 0.3) is 5.69 Å². The van der Waals surface area contributed by atoms with Crippen LogP contribution in [0.2, 0.25) is 0 Å². The molecule has 0 bridgehead atoms. The molecule has 0 aliphatic heterocycles. The highest BCUT2D eigenvalue weighted by molar-refractivity contribution is 5.47. The Morgan fingerprint density at radius 3 is 2.69 bits per heavy atom. The Morgan fingerprint density at radius 2 is 2.12 bits per heavy atom. The molecule has 0 spiro atoms. The number of benzene rings is 1. The zero-order chi connectivity index (χ0) is 11.4. The largest absolute Gasteiger partial charge is 0.366 e. The standard InChI is InChI=1S/C10H10N4O2/c15-14(16)10-4-2-9(3-5-10)11-8-13-7-1-6-12-13/h1-7,11H,8H2. The van der Waals surface area contributed by atoms with Gasteiger partial charge in [-0.3, -0.25) is 14.8 Å². The molecule has 2 rings (SSSR count). The normalized spacial score (nSPS) is 10.0. The highest BCUT2D eigenvalue weighted by Crippen LogP contribution is 2.15. The van der Waals surface area contributed by atoms with Gasteiger partial charge < -0.3 is 5.32 Å². The average Bonchev–Trinajstić information content (AvgIpc) is 2.80. The van der Waals surface area contributed by atoms with Crippen LogP contribution in [-0.4, -0.2) is 14.7 Å². The molecule has 6 heteroatoms. The highest BCUT2D eigenvalue weighted by atomic mass is 16.6. The second kappa shape index (κ2) is 4.43. The summed E-state index contributed by atoms with van der Waals surface area (Å²) in [4.78, 5) is 10.0. The van der Waals surface area contributed by atoms with Gasteiger partial charge in [0.2, 0.25) is 0 Å². The first-order valence-corrected chi connectivity index (χ1v) is 4.71. The molecule has 1 heterocycles. The van der Waals surface area contributed by atoms with E-state index in [1.807, 2.05) is 12.3 Å². The molecule has 1 aromatic carbocycles. The Kier molecular flexibility index (Phi) is 2.81. The van der Waals surface area contributed by atoms with Gasteiger partial charge in [0.15, 0.2) is 0 Å². The van der Waals surface area contributed by atoms with Gasteiger partial charge in [0.05, 0.1) is 4.92 Å². The topological polar surface area (TPSA) is 73.0 Å². The van der Waals surface area contributed by atoms with Crippen molar-refractivity contribution < 1.29 is 4.92 Å². The molecule has 82 valence electrons. The molecule has 0 saturated heterocycles. The summed E-state index contributed by atoms with van der Waals surface area (Å²) in [6.07, 6.45) is 3.52. The fourth-order valence-electron chi connectivity index (χ4n) is 1.27. The van der Waals surface area contributed by atoms with E-state index in [-0.39, 0.29) is 5.69 Å². The van der Waals surface area contributed by atoms with E-state index in [4.69, 9.17) is 0 Å². The van der Waals surface area contributed by atoms with Crippen molar-refractivity contribution in [1.82, 2.24) is 9.78 Å². The third-order valence-electron chi connectivity index (χ3n) is 2.08. The summed E-state index contributed by atoms with van der Waals surface area (Å²) in [6, 6.07) is 8.09. The Morgan fingerprint density at radius 1 is 1.38 bits per heavy atom. The minimum atomic E-state index is -0.419. The van der Waals surface area contributed by atoms with E-state index < -0.39 is 4.92 Å². The van der Waals surface area contributed by atoms with Crippen LogP contribution < -0.4 is 5.32 Å². The van der Waals surface area contributed by atoms with Crippen molar-refractivity contribution in [3.8, 4) is 0 Å². The molecular weight excluding hydrogens is 208 g/mol. The number of aromatic nitrogens is 2. The maximum Gasteiger partial charge on any atom is 0.269 e. The molecule has 1 N–H and O–H groups in total. The number of hydrogen-bond acceptors (Lipinski definition) is 4. The molecular formula is C10H10N4O2. The zero-order valence-electron chi connectivity index (χ0n) is 8.41. The molecule has 1 aromatic heterocycles. The van der Waals surface area contributed by atoms with Gasteiger partial charge >= 0.3 is 0 Å². The fraction of sp³-hybridized carbons (Fsp3) is 0.100. The first kappa shape index (κ1) is 10.2. The van der Waals surface area contributed by atoms with Gasteiger partial charge in [-0.2, -0.15) is 5.10 Å². The minimum absolute atomic E-state index is 0.0876. The van der Waals surface area contributed by atoms with E-state index in [1.54, 1.807) is 23.0 Å². The van der Waals surface area contributed by atoms with Crippen LogP contribution in [0.1, 0.15) is 0 Å². The second-order valence-corrected chi connectivity index (χ2v) is 3.18. The molecule has 16 heavy (non-hydrogen) atoms. The number of non-ortho nitro benzene ring substituents is 1. The second-order valence-electron chi connectivity index (χ2n) is 3.18. The Balaban J connectivity index is 1.98. The number of rotatable bonds is 4. The molecule has 0 aliphatic rings. The van der Waals surface area contributed by atoms with Crippen molar-refractivity contribution >= 4 is 11.4 Å². The molecule has 0 radical (unpaired) electrons. The van der Waals surface area contributed by atoms with Crippen molar-refractivity contribution in [2.45, 2.75) is 6.67 Å². The predicted octanol–water partition coefficient (Wildman–Crippen LogP) is 1.86. The number of nitrogens with one attached hydrogen (secondary N) is 1. The number of nitro groups is 1. The highest BCUT2D eigenvalue weighted by Gasteiger charge is 2.03. The Labute approximate surface area is 91.7 Å². The van der Waals surface area contributed by atoms with Crippen LogP contribution in [0.25, 0.3) is 0 Å². The molecule has 2 aromatic rings. The van der Waals surface area contributed by atoms with Gasteiger partial charge in [-0.05, 0) is 18.2 Å². The summed E-state index contributed by atoms with van der Waals surface area (Å²) in [5.74, 6) is 0. The first-order chi connectivity index (χ1) is 7.75. The van der Waals surface area contributed by atoms with Crippen molar-refractivity contribution in [3.63, 3.8) is 0 Å². The van der Waals surface area contributed by atoms with Crippen LogP contribution in [0.4, 0.5) is 11.4 Å². The summed E-state index contributed by atoms with van der Waals surface area (Å²) in [5, 5.41) is 17.5. The number of nitrogens with zero attached hydrogens (tertiary/aromatic N) is 3. The van der Waals surface area contributed by atoms with E-state index in [9.17, 15) is 10.1 Å². The molecule has 0 unspecified atom stereocenters. The lowest BCUT2D eigenvalue weighted by Gasteiger charge is -2.05. The summed E-state index contributed by atoms with van der Waals surface area (Å²) in [5.41, 5.74) is 0.908. The van der Waals surface area contributed by atoms with Crippen molar-refractivity contribution in [3.05, 3.63) is 52.8 Å². The Hall–Kier alpha value is -2.37. The Bertz CT molecular complexity index is 464. The lowest BCUT2D eigenvalue weighted by Crippen LogP contribution is -2.07. The van der Waals surface area contributed by atoms with Crippen LogP contribution in [-0.2, 0) is 6.67 Å². The molecule has 0 atom stereocenters.